The first kappa shape index (κ1) is 20.1. The van der Waals surface area contributed by atoms with Crippen LogP contribution in [0.3, 0.4) is 0 Å². The third-order valence-corrected chi connectivity index (χ3v) is 4.97. The van der Waals surface area contributed by atoms with Crippen molar-refractivity contribution in [3.8, 4) is 0 Å². The second kappa shape index (κ2) is 9.47. The molecule has 2 aromatic rings. The number of carbonyl (C=O) groups is 1. The lowest BCUT2D eigenvalue weighted by Crippen LogP contribution is -2.24. The van der Waals surface area contributed by atoms with Gasteiger partial charge < -0.3 is 10.6 Å². The molecular weight excluding hydrogens is 350 g/mol. The fraction of sp³-hybridized carbons (Fsp3) is 0.316. The van der Waals surface area contributed by atoms with E-state index in [-0.39, 0.29) is 10.8 Å². The average molecular weight is 375 g/mol. The largest absolute Gasteiger partial charge is 0.326 e. The van der Waals surface area contributed by atoms with Gasteiger partial charge in [0.2, 0.25) is 15.9 Å². The first-order valence-corrected chi connectivity index (χ1v) is 10.1. The Morgan fingerprint density at radius 1 is 1.04 bits per heavy atom. The van der Waals surface area contributed by atoms with Crippen molar-refractivity contribution in [3.05, 3.63) is 59.7 Å². The van der Waals surface area contributed by atoms with E-state index in [9.17, 15) is 13.2 Å². The van der Waals surface area contributed by atoms with Crippen molar-refractivity contribution in [2.45, 2.75) is 31.1 Å². The highest BCUT2D eigenvalue weighted by molar-refractivity contribution is 7.89. The molecule has 2 aromatic carbocycles. The summed E-state index contributed by atoms with van der Waals surface area (Å²) in [6.07, 6.45) is 2.01. The Balaban J connectivity index is 1.69. The summed E-state index contributed by atoms with van der Waals surface area (Å²) in [5.74, 6) is -0.0177. The first-order valence-electron chi connectivity index (χ1n) is 8.60. The summed E-state index contributed by atoms with van der Waals surface area (Å²) in [4.78, 5) is 12.1. The molecule has 0 radical (unpaired) electrons. The molecule has 26 heavy (non-hydrogen) atoms. The number of rotatable bonds is 9. The number of nitrogens with two attached hydrogens (primary N) is 1. The maximum absolute atomic E-state index is 12.0. The Kier molecular flexibility index (Phi) is 7.32. The van der Waals surface area contributed by atoms with Crippen molar-refractivity contribution in [3.63, 3.8) is 0 Å². The minimum atomic E-state index is -3.65. The van der Waals surface area contributed by atoms with Crippen LogP contribution in [0, 0.1) is 0 Å². The van der Waals surface area contributed by atoms with Crippen LogP contribution in [0.4, 0.5) is 5.69 Å². The van der Waals surface area contributed by atoms with Gasteiger partial charge in [-0.2, -0.15) is 0 Å². The van der Waals surface area contributed by atoms with Gasteiger partial charge in [-0.1, -0.05) is 37.3 Å². The van der Waals surface area contributed by atoms with E-state index in [4.69, 9.17) is 5.14 Å². The fourth-order valence-electron chi connectivity index (χ4n) is 2.57. The normalized spacial score (nSPS) is 11.3. The lowest BCUT2D eigenvalue weighted by molar-refractivity contribution is -0.116. The van der Waals surface area contributed by atoms with E-state index in [0.29, 0.717) is 19.5 Å². The number of amides is 1. The highest BCUT2D eigenvalue weighted by Crippen LogP contribution is 2.15. The summed E-state index contributed by atoms with van der Waals surface area (Å²) < 4.78 is 22.4. The standard InChI is InChI=1S/C19H25N3O3S/c1-2-16-5-3-4-6-18(16)22-19(23)12-14-21-13-11-15-7-9-17(10-8-15)26(20,24)25/h3-10,21H,2,11-14H2,1H3,(H,22,23)(H2,20,24,25). The molecule has 0 aliphatic heterocycles. The van der Waals surface area contributed by atoms with Crippen molar-refractivity contribution >= 4 is 21.6 Å². The number of benzene rings is 2. The highest BCUT2D eigenvalue weighted by atomic mass is 32.2. The Bertz CT molecular complexity index is 833. The summed E-state index contributed by atoms with van der Waals surface area (Å²) >= 11 is 0. The molecule has 0 aliphatic carbocycles. The number of carbonyl (C=O) groups excluding carboxylic acids is 1. The molecular formula is C19H25N3O3S. The number of aryl methyl sites for hydroxylation is 1. The first-order chi connectivity index (χ1) is 12.4. The molecule has 0 unspecified atom stereocenters. The van der Waals surface area contributed by atoms with Crippen LogP contribution >= 0.6 is 0 Å². The van der Waals surface area contributed by atoms with Crippen molar-refractivity contribution < 1.29 is 13.2 Å². The molecule has 0 saturated heterocycles. The van der Waals surface area contributed by atoms with E-state index in [1.165, 1.54) is 12.1 Å². The second-order valence-corrected chi connectivity index (χ2v) is 7.56. The average Bonchev–Trinajstić information content (AvgIpc) is 2.61. The van der Waals surface area contributed by atoms with Gasteiger partial charge in [-0.3, -0.25) is 4.79 Å². The van der Waals surface area contributed by atoms with E-state index >= 15 is 0 Å². The van der Waals surface area contributed by atoms with Gasteiger partial charge in [-0.15, -0.1) is 0 Å². The van der Waals surface area contributed by atoms with E-state index < -0.39 is 10.0 Å². The summed E-state index contributed by atoms with van der Waals surface area (Å²) in [6.45, 7) is 3.34. The molecule has 7 heteroatoms. The molecule has 140 valence electrons. The summed E-state index contributed by atoms with van der Waals surface area (Å²) in [6, 6.07) is 14.3. The molecule has 0 saturated carbocycles. The number of hydrogen-bond donors (Lipinski definition) is 3. The third-order valence-electron chi connectivity index (χ3n) is 4.04. The molecule has 0 spiro atoms. The van der Waals surface area contributed by atoms with Gasteiger partial charge in [0.15, 0.2) is 0 Å². The lowest BCUT2D eigenvalue weighted by Gasteiger charge is -2.10. The number of anilines is 1. The zero-order chi connectivity index (χ0) is 19.0. The van der Waals surface area contributed by atoms with Gasteiger partial charge in [-0.25, -0.2) is 13.6 Å². The van der Waals surface area contributed by atoms with Gasteiger partial charge in [0.1, 0.15) is 0 Å². The molecule has 0 aromatic heterocycles. The minimum absolute atomic E-state index is 0.0177. The number of primary sulfonamides is 1. The lowest BCUT2D eigenvalue weighted by atomic mass is 10.1. The van der Waals surface area contributed by atoms with E-state index in [0.717, 1.165) is 29.7 Å². The predicted molar refractivity (Wildman–Crippen MR) is 103 cm³/mol. The van der Waals surface area contributed by atoms with Gasteiger partial charge in [0, 0.05) is 18.7 Å². The third kappa shape index (κ3) is 6.25. The van der Waals surface area contributed by atoms with Crippen LogP contribution < -0.4 is 15.8 Å². The number of hydrogen-bond acceptors (Lipinski definition) is 4. The van der Waals surface area contributed by atoms with Gasteiger partial charge >= 0.3 is 0 Å². The second-order valence-electron chi connectivity index (χ2n) is 6.00. The molecule has 6 nitrogen and oxygen atoms in total. The maximum atomic E-state index is 12.0. The van der Waals surface area contributed by atoms with E-state index in [2.05, 4.69) is 17.6 Å². The topological polar surface area (TPSA) is 101 Å². The van der Waals surface area contributed by atoms with Crippen LogP contribution in [-0.2, 0) is 27.7 Å². The Labute approximate surface area is 154 Å². The molecule has 0 bridgehead atoms. The maximum Gasteiger partial charge on any atom is 0.238 e. The summed E-state index contributed by atoms with van der Waals surface area (Å²) in [5.41, 5.74) is 3.00. The molecule has 0 fully saturated rings. The Morgan fingerprint density at radius 2 is 1.73 bits per heavy atom. The van der Waals surface area contributed by atoms with Crippen LogP contribution in [0.25, 0.3) is 0 Å². The molecule has 0 heterocycles. The Morgan fingerprint density at radius 3 is 2.38 bits per heavy atom. The molecule has 0 aliphatic rings. The summed E-state index contributed by atoms with van der Waals surface area (Å²) in [7, 11) is -3.65. The number of para-hydroxylation sites is 1. The quantitative estimate of drug-likeness (QED) is 0.584. The van der Waals surface area contributed by atoms with Crippen LogP contribution in [0.15, 0.2) is 53.4 Å². The smallest absolute Gasteiger partial charge is 0.238 e. The SMILES string of the molecule is CCc1ccccc1NC(=O)CCNCCc1ccc(S(N)(=O)=O)cc1. The number of nitrogens with one attached hydrogen (secondary N) is 2. The zero-order valence-corrected chi connectivity index (χ0v) is 15.7. The van der Waals surface area contributed by atoms with E-state index in [1.54, 1.807) is 12.1 Å². The van der Waals surface area contributed by atoms with Crippen molar-refractivity contribution in [1.29, 1.82) is 0 Å². The van der Waals surface area contributed by atoms with Crippen molar-refractivity contribution in [1.82, 2.24) is 5.32 Å². The van der Waals surface area contributed by atoms with Crippen LogP contribution in [0.2, 0.25) is 0 Å². The number of sulfonamides is 1. The molecule has 2 rings (SSSR count). The van der Waals surface area contributed by atoms with E-state index in [1.807, 2.05) is 24.3 Å². The summed E-state index contributed by atoms with van der Waals surface area (Å²) in [5, 5.41) is 11.2. The predicted octanol–water partition coefficient (Wildman–Crippen LogP) is 2.06. The van der Waals surface area contributed by atoms with Crippen molar-refractivity contribution in [2.75, 3.05) is 18.4 Å². The minimum Gasteiger partial charge on any atom is -0.326 e. The molecule has 4 N–H and O–H groups in total. The van der Waals surface area contributed by atoms with Crippen LogP contribution in [0.5, 0.6) is 0 Å². The Hall–Kier alpha value is -2.22. The van der Waals surface area contributed by atoms with Crippen LogP contribution in [-0.4, -0.2) is 27.4 Å². The van der Waals surface area contributed by atoms with Crippen molar-refractivity contribution in [2.24, 2.45) is 5.14 Å². The zero-order valence-electron chi connectivity index (χ0n) is 14.9. The molecule has 1 amide bonds. The van der Waals surface area contributed by atoms with Crippen LogP contribution in [0.1, 0.15) is 24.5 Å². The molecule has 0 atom stereocenters. The van der Waals surface area contributed by atoms with Gasteiger partial charge in [-0.05, 0) is 48.7 Å². The van der Waals surface area contributed by atoms with Gasteiger partial charge in [0.05, 0.1) is 4.90 Å². The highest BCUT2D eigenvalue weighted by Gasteiger charge is 2.07. The van der Waals surface area contributed by atoms with Gasteiger partial charge in [0.25, 0.3) is 0 Å². The monoisotopic (exact) mass is 375 g/mol. The fourth-order valence-corrected chi connectivity index (χ4v) is 3.08.